The van der Waals surface area contributed by atoms with Gasteiger partial charge in [-0.3, -0.25) is 0 Å². The van der Waals surface area contributed by atoms with Crippen molar-refractivity contribution in [3.63, 3.8) is 0 Å². The van der Waals surface area contributed by atoms with Crippen molar-refractivity contribution in [1.82, 2.24) is 5.32 Å². The van der Waals surface area contributed by atoms with Gasteiger partial charge >= 0.3 is 5.97 Å². The maximum Gasteiger partial charge on any atom is 0.338 e. The minimum Gasteiger partial charge on any atom is -0.465 e. The monoisotopic (exact) mass is 393 g/mol. The molecule has 1 aromatic carbocycles. The number of rotatable bonds is 4. The third-order valence-electron chi connectivity index (χ3n) is 6.14. The maximum atomic E-state index is 11.7. The Morgan fingerprint density at radius 2 is 2.04 bits per heavy atom. The van der Waals surface area contributed by atoms with Crippen molar-refractivity contribution in [2.75, 3.05) is 7.11 Å². The molecular weight excluding hydrogens is 370 g/mol. The van der Waals surface area contributed by atoms with Crippen LogP contribution in [0.2, 0.25) is 0 Å². The molecule has 4 bridgehead atoms. The summed E-state index contributed by atoms with van der Waals surface area (Å²) < 4.78 is 5.54. The van der Waals surface area contributed by atoms with Crippen LogP contribution in [-0.4, -0.2) is 29.3 Å². The minimum absolute atomic E-state index is 0.0896. The first-order chi connectivity index (χ1) is 11.4. The Hall–Kier alpha value is -0.910. The van der Waals surface area contributed by atoms with Crippen LogP contribution in [-0.2, 0) is 11.3 Å². The first kappa shape index (κ1) is 16.6. The van der Waals surface area contributed by atoms with E-state index in [1.54, 1.807) is 6.07 Å². The highest BCUT2D eigenvalue weighted by Gasteiger charge is 2.56. The molecule has 2 N–H and O–H groups in total. The lowest BCUT2D eigenvalue weighted by Crippen LogP contribution is -2.64. The quantitative estimate of drug-likeness (QED) is 0.769. The van der Waals surface area contributed by atoms with Crippen LogP contribution in [0.5, 0.6) is 0 Å². The van der Waals surface area contributed by atoms with Crippen LogP contribution < -0.4 is 5.32 Å². The number of aliphatic hydroxyl groups is 1. The van der Waals surface area contributed by atoms with Crippen molar-refractivity contribution < 1.29 is 14.6 Å². The highest BCUT2D eigenvalue weighted by atomic mass is 79.9. The van der Waals surface area contributed by atoms with Crippen LogP contribution in [0.1, 0.15) is 54.4 Å². The summed E-state index contributed by atoms with van der Waals surface area (Å²) in [6.07, 6.45) is 6.54. The van der Waals surface area contributed by atoms with E-state index >= 15 is 0 Å². The second-order valence-corrected chi connectivity index (χ2v) is 8.98. The fraction of sp³-hybridized carbons (Fsp3) is 0.632. The predicted molar refractivity (Wildman–Crippen MR) is 94.7 cm³/mol. The van der Waals surface area contributed by atoms with E-state index in [0.717, 1.165) is 35.8 Å². The van der Waals surface area contributed by atoms with Gasteiger partial charge < -0.3 is 15.2 Å². The van der Waals surface area contributed by atoms with Gasteiger partial charge in [-0.15, -0.1) is 0 Å². The van der Waals surface area contributed by atoms with Crippen LogP contribution in [0.3, 0.4) is 0 Å². The Morgan fingerprint density at radius 1 is 1.33 bits per heavy atom. The summed E-state index contributed by atoms with van der Waals surface area (Å²) >= 11 is 3.46. The Bertz CT molecular complexity index is 661. The third-order valence-corrected chi connectivity index (χ3v) is 6.79. The highest BCUT2D eigenvalue weighted by Crippen LogP contribution is 2.57. The van der Waals surface area contributed by atoms with E-state index in [9.17, 15) is 9.90 Å². The highest BCUT2D eigenvalue weighted by molar-refractivity contribution is 9.10. The van der Waals surface area contributed by atoms with Crippen molar-refractivity contribution in [2.24, 2.45) is 11.8 Å². The first-order valence-corrected chi connectivity index (χ1v) is 9.54. The number of halogens is 1. The molecule has 0 spiro atoms. The number of benzene rings is 1. The van der Waals surface area contributed by atoms with Gasteiger partial charge in [-0.05, 0) is 84.0 Å². The average Bonchev–Trinajstić information content (AvgIpc) is 2.50. The smallest absolute Gasteiger partial charge is 0.338 e. The molecule has 0 aliphatic heterocycles. The summed E-state index contributed by atoms with van der Waals surface area (Å²) in [5, 5.41) is 14.6. The normalized spacial score (nSPS) is 36.8. The lowest BCUT2D eigenvalue weighted by Gasteiger charge is -2.60. The van der Waals surface area contributed by atoms with Crippen molar-refractivity contribution in [2.45, 2.75) is 56.2 Å². The first-order valence-electron chi connectivity index (χ1n) is 8.75. The summed E-state index contributed by atoms with van der Waals surface area (Å²) in [6.45, 7) is 0.759. The molecule has 0 amide bonds. The topological polar surface area (TPSA) is 58.6 Å². The van der Waals surface area contributed by atoms with Gasteiger partial charge in [0.15, 0.2) is 0 Å². The summed E-state index contributed by atoms with van der Waals surface area (Å²) in [4.78, 5) is 11.7. The van der Waals surface area contributed by atoms with Gasteiger partial charge in [-0.2, -0.15) is 0 Å². The molecule has 2 atom stereocenters. The number of hydrogen-bond donors (Lipinski definition) is 2. The van der Waals surface area contributed by atoms with Crippen molar-refractivity contribution in [3.05, 3.63) is 33.8 Å². The Morgan fingerprint density at radius 3 is 2.62 bits per heavy atom. The third kappa shape index (κ3) is 2.91. The van der Waals surface area contributed by atoms with E-state index in [-0.39, 0.29) is 11.5 Å². The van der Waals surface area contributed by atoms with Crippen molar-refractivity contribution >= 4 is 21.9 Å². The number of nitrogens with one attached hydrogen (secondary N) is 1. The fourth-order valence-electron chi connectivity index (χ4n) is 5.65. The van der Waals surface area contributed by atoms with Gasteiger partial charge in [0, 0.05) is 16.6 Å². The molecule has 4 saturated carbocycles. The molecule has 0 heterocycles. The van der Waals surface area contributed by atoms with Crippen LogP contribution in [0.4, 0.5) is 0 Å². The Balaban J connectivity index is 1.47. The van der Waals surface area contributed by atoms with E-state index < -0.39 is 5.60 Å². The SMILES string of the molecule is COC(=O)c1ccc(CNC23CC4CC(CC(O)(C4)C2)C3)cc1Br. The zero-order valence-corrected chi connectivity index (χ0v) is 15.6. The van der Waals surface area contributed by atoms with Crippen LogP contribution >= 0.6 is 15.9 Å². The molecule has 0 saturated heterocycles. The van der Waals surface area contributed by atoms with E-state index in [4.69, 9.17) is 4.74 Å². The predicted octanol–water partition coefficient (Wildman–Crippen LogP) is 3.41. The fourth-order valence-corrected chi connectivity index (χ4v) is 6.24. The van der Waals surface area contributed by atoms with Crippen LogP contribution in [0, 0.1) is 11.8 Å². The van der Waals surface area contributed by atoms with Gasteiger partial charge in [0.1, 0.15) is 0 Å². The second-order valence-electron chi connectivity index (χ2n) is 8.13. The second kappa shape index (κ2) is 5.82. The molecule has 24 heavy (non-hydrogen) atoms. The largest absolute Gasteiger partial charge is 0.465 e. The summed E-state index contributed by atoms with van der Waals surface area (Å²) in [7, 11) is 1.39. The van der Waals surface area contributed by atoms with Gasteiger partial charge in [-0.25, -0.2) is 4.79 Å². The molecule has 4 fully saturated rings. The molecule has 4 aliphatic rings. The van der Waals surface area contributed by atoms with Crippen LogP contribution in [0.15, 0.2) is 22.7 Å². The number of carbonyl (C=O) groups is 1. The van der Waals surface area contributed by atoms with E-state index in [1.165, 1.54) is 26.4 Å². The van der Waals surface area contributed by atoms with Gasteiger partial charge in [0.25, 0.3) is 0 Å². The van der Waals surface area contributed by atoms with Gasteiger partial charge in [0.2, 0.25) is 0 Å². The molecule has 4 nitrogen and oxygen atoms in total. The average molecular weight is 394 g/mol. The van der Waals surface area contributed by atoms with E-state index in [2.05, 4.69) is 21.2 Å². The van der Waals surface area contributed by atoms with Gasteiger partial charge in [-0.1, -0.05) is 6.07 Å². The number of hydrogen-bond acceptors (Lipinski definition) is 4. The minimum atomic E-state index is -0.438. The summed E-state index contributed by atoms with van der Waals surface area (Å²) in [5.41, 5.74) is 1.33. The van der Waals surface area contributed by atoms with Crippen LogP contribution in [0.25, 0.3) is 0 Å². The molecule has 1 aromatic rings. The van der Waals surface area contributed by atoms with Gasteiger partial charge in [0.05, 0.1) is 18.3 Å². The lowest BCUT2D eigenvalue weighted by molar-refractivity contribution is -0.142. The van der Waals surface area contributed by atoms with E-state index in [1.807, 2.05) is 12.1 Å². The number of esters is 1. The molecular formula is C19H24BrNO3. The lowest BCUT2D eigenvalue weighted by atomic mass is 9.51. The molecule has 2 unspecified atom stereocenters. The molecule has 4 aliphatic carbocycles. The maximum absolute atomic E-state index is 11.7. The zero-order valence-electron chi connectivity index (χ0n) is 14.0. The van der Waals surface area contributed by atoms with E-state index in [0.29, 0.717) is 17.4 Å². The molecule has 0 radical (unpaired) electrons. The Labute approximate surface area is 151 Å². The molecule has 0 aromatic heterocycles. The Kier molecular flexibility index (Phi) is 4.01. The summed E-state index contributed by atoms with van der Waals surface area (Å²) in [5.74, 6) is 1.03. The molecule has 5 heteroatoms. The number of carbonyl (C=O) groups excluding carboxylic acids is 1. The molecule has 130 valence electrons. The van der Waals surface area contributed by atoms with Crippen molar-refractivity contribution in [3.8, 4) is 0 Å². The summed E-state index contributed by atoms with van der Waals surface area (Å²) in [6, 6.07) is 5.76. The standard InChI is InChI=1S/C19H24BrNO3/c1-24-17(22)15-3-2-12(5-16(15)20)10-21-18-6-13-4-14(7-18)9-19(23,8-13)11-18/h2-3,5,13-14,21,23H,4,6-11H2,1H3. The molecule has 5 rings (SSSR count). The number of ether oxygens (including phenoxy) is 1. The van der Waals surface area contributed by atoms with Crippen molar-refractivity contribution in [1.29, 1.82) is 0 Å². The zero-order chi connectivity index (χ0) is 16.9. The number of methoxy groups -OCH3 is 1.